The van der Waals surface area contributed by atoms with E-state index in [1.807, 2.05) is 42.5 Å². The van der Waals surface area contributed by atoms with Gasteiger partial charge in [-0.1, -0.05) is 48.5 Å². The normalized spacial score (nSPS) is 17.1. The Morgan fingerprint density at radius 2 is 1.77 bits per heavy atom. The topological polar surface area (TPSA) is 159 Å². The minimum Gasteiger partial charge on any atom is -0.480 e. The monoisotopic (exact) mass is 483 g/mol. The summed E-state index contributed by atoms with van der Waals surface area (Å²) in [6.07, 6.45) is 1.62. The highest BCUT2D eigenvalue weighted by Crippen LogP contribution is 2.27. The number of hydrogen-bond acceptors (Lipinski definition) is 7. The molecule has 0 fully saturated rings. The molecule has 10 nitrogen and oxygen atoms in total. The van der Waals surface area contributed by atoms with E-state index in [1.165, 1.54) is 4.90 Å². The first-order chi connectivity index (χ1) is 16.8. The first kappa shape index (κ1) is 25.9. The van der Waals surface area contributed by atoms with Crippen LogP contribution in [0.4, 0.5) is 5.69 Å². The van der Waals surface area contributed by atoms with Crippen molar-refractivity contribution in [3.63, 3.8) is 0 Å². The summed E-state index contributed by atoms with van der Waals surface area (Å²) < 4.78 is 5.15. The van der Waals surface area contributed by atoms with Crippen LogP contribution in [0, 0.1) is 0 Å². The van der Waals surface area contributed by atoms with E-state index in [4.69, 9.17) is 15.6 Å². The highest BCUT2D eigenvalue weighted by atomic mass is 16.5. The van der Waals surface area contributed by atoms with Gasteiger partial charge in [-0.05, 0) is 42.9 Å². The number of nitrogens with zero attached hydrogens (tertiary/aromatic N) is 1. The fraction of sp³-hybridized carbons (Fsp3) is 0.360. The third-order valence-corrected chi connectivity index (χ3v) is 5.82. The Bertz CT molecular complexity index is 1060. The van der Waals surface area contributed by atoms with Crippen LogP contribution in [0.1, 0.15) is 24.0 Å². The second kappa shape index (κ2) is 12.1. The van der Waals surface area contributed by atoms with Crippen LogP contribution in [-0.2, 0) is 36.8 Å². The van der Waals surface area contributed by atoms with Crippen molar-refractivity contribution in [2.45, 2.75) is 43.8 Å². The number of para-hydroxylation sites is 1. The molecule has 2 aromatic carbocycles. The number of aryl methyl sites for hydroxylation is 2. The van der Waals surface area contributed by atoms with E-state index in [2.05, 4.69) is 5.32 Å². The van der Waals surface area contributed by atoms with Gasteiger partial charge in [-0.15, -0.1) is 0 Å². The van der Waals surface area contributed by atoms with Crippen LogP contribution in [0.15, 0.2) is 54.6 Å². The number of carboxylic acids is 2. The fourth-order valence-corrected chi connectivity index (χ4v) is 3.98. The molecule has 0 saturated carbocycles. The predicted molar refractivity (Wildman–Crippen MR) is 127 cm³/mol. The van der Waals surface area contributed by atoms with Gasteiger partial charge in [-0.25, -0.2) is 0 Å². The molecular formula is C25H29N3O7. The van der Waals surface area contributed by atoms with Crippen molar-refractivity contribution in [1.82, 2.24) is 5.32 Å². The van der Waals surface area contributed by atoms with Crippen molar-refractivity contribution in [3.8, 4) is 0 Å². The largest absolute Gasteiger partial charge is 0.480 e. The molecule has 3 rings (SSSR count). The predicted octanol–water partition coefficient (Wildman–Crippen LogP) is 0.965. The number of benzene rings is 2. The maximum atomic E-state index is 13.4. The van der Waals surface area contributed by atoms with E-state index in [0.29, 0.717) is 24.9 Å². The molecule has 0 spiro atoms. The molecule has 186 valence electrons. The van der Waals surface area contributed by atoms with Crippen LogP contribution >= 0.6 is 0 Å². The molecule has 1 unspecified atom stereocenters. The van der Waals surface area contributed by atoms with Crippen molar-refractivity contribution in [2.75, 3.05) is 18.1 Å². The third-order valence-electron chi connectivity index (χ3n) is 5.82. The Kier molecular flexibility index (Phi) is 8.93. The molecule has 35 heavy (non-hydrogen) atoms. The zero-order valence-corrected chi connectivity index (χ0v) is 19.1. The smallest absolute Gasteiger partial charge is 0.324 e. The molecule has 10 heteroatoms. The quantitative estimate of drug-likeness (QED) is 0.342. The lowest BCUT2D eigenvalue weighted by molar-refractivity contribution is -0.150. The minimum absolute atomic E-state index is 0.279. The molecule has 1 aliphatic rings. The Hall–Kier alpha value is -3.76. The van der Waals surface area contributed by atoms with Crippen LogP contribution in [0.3, 0.4) is 0 Å². The number of aliphatic carboxylic acids is 2. The van der Waals surface area contributed by atoms with Crippen molar-refractivity contribution in [3.05, 3.63) is 65.7 Å². The van der Waals surface area contributed by atoms with Gasteiger partial charge in [0.05, 0.1) is 6.04 Å². The summed E-state index contributed by atoms with van der Waals surface area (Å²) >= 11 is 0. The lowest BCUT2D eigenvalue weighted by atomic mass is 10.0. The zero-order chi connectivity index (χ0) is 25.4. The van der Waals surface area contributed by atoms with Crippen LogP contribution in [0.2, 0.25) is 0 Å². The number of ether oxygens (including phenoxy) is 1. The molecule has 0 saturated heterocycles. The summed E-state index contributed by atoms with van der Waals surface area (Å²) in [5, 5.41) is 21.4. The number of fused-ring (bicyclic) bond motifs is 1. The number of amides is 1. The van der Waals surface area contributed by atoms with E-state index in [-0.39, 0.29) is 6.42 Å². The first-order valence-corrected chi connectivity index (χ1v) is 11.3. The summed E-state index contributed by atoms with van der Waals surface area (Å²) in [7, 11) is 0. The van der Waals surface area contributed by atoms with E-state index in [1.54, 1.807) is 12.1 Å². The molecule has 0 bridgehead atoms. The Labute approximate surface area is 202 Å². The number of carbonyl (C=O) groups is 4. The van der Waals surface area contributed by atoms with E-state index in [9.17, 15) is 24.3 Å². The number of rotatable bonds is 11. The second-order valence-corrected chi connectivity index (χ2v) is 8.36. The third kappa shape index (κ3) is 7.11. The summed E-state index contributed by atoms with van der Waals surface area (Å²) in [6.45, 7) is -1.02. The molecule has 0 aliphatic carbocycles. The molecular weight excluding hydrogens is 454 g/mol. The van der Waals surface area contributed by atoms with Gasteiger partial charge in [0.2, 0.25) is 5.91 Å². The van der Waals surface area contributed by atoms with Gasteiger partial charge in [0.1, 0.15) is 25.2 Å². The lowest BCUT2D eigenvalue weighted by Gasteiger charge is -2.27. The number of carboxylic acid groups (broad SMARTS) is 2. The van der Waals surface area contributed by atoms with Crippen molar-refractivity contribution in [1.29, 1.82) is 0 Å². The van der Waals surface area contributed by atoms with Gasteiger partial charge < -0.3 is 20.7 Å². The summed E-state index contributed by atoms with van der Waals surface area (Å²) in [5.41, 5.74) is 7.79. The summed E-state index contributed by atoms with van der Waals surface area (Å²) in [6, 6.07) is 13.4. The number of anilines is 1. The SMILES string of the molecule is N[C@@H](COC(=O)C(CCc1ccccc1)N[C@@H]1CCc2ccccc2N(CC(=O)O)C1=O)C(=O)O. The average Bonchev–Trinajstić information content (AvgIpc) is 2.97. The van der Waals surface area contributed by atoms with Gasteiger partial charge in [0.25, 0.3) is 0 Å². The molecule has 1 amide bonds. The summed E-state index contributed by atoms with van der Waals surface area (Å²) in [5.74, 6) is -3.64. The van der Waals surface area contributed by atoms with Gasteiger partial charge in [-0.3, -0.25) is 29.4 Å². The standard InChI is InChI=1S/C25H29N3O7/c26-18(24(32)33)15-35-25(34)20(12-10-16-6-2-1-3-7-16)27-19-13-11-17-8-4-5-9-21(17)28(23(19)31)14-22(29)30/h1-9,18-20,27H,10-15,26H2,(H,29,30)(H,32,33)/t18-,19+,20?/m0/s1. The fourth-order valence-electron chi connectivity index (χ4n) is 3.98. The van der Waals surface area contributed by atoms with Gasteiger partial charge in [-0.2, -0.15) is 0 Å². The number of esters is 1. The Morgan fingerprint density at radius 1 is 1.09 bits per heavy atom. The van der Waals surface area contributed by atoms with Crippen molar-refractivity contribution in [2.24, 2.45) is 5.73 Å². The number of carbonyl (C=O) groups excluding carboxylic acids is 2. The van der Waals surface area contributed by atoms with Crippen LogP contribution in [0.25, 0.3) is 0 Å². The molecule has 1 heterocycles. The number of nitrogens with two attached hydrogens (primary N) is 1. The summed E-state index contributed by atoms with van der Waals surface area (Å²) in [4.78, 5) is 50.0. The molecule has 0 radical (unpaired) electrons. The molecule has 5 N–H and O–H groups in total. The van der Waals surface area contributed by atoms with Crippen molar-refractivity contribution >= 4 is 29.5 Å². The number of hydrogen-bond donors (Lipinski definition) is 4. The second-order valence-electron chi connectivity index (χ2n) is 8.36. The Balaban J connectivity index is 1.79. The highest BCUT2D eigenvalue weighted by molar-refractivity contribution is 6.02. The van der Waals surface area contributed by atoms with Crippen LogP contribution in [0.5, 0.6) is 0 Å². The first-order valence-electron chi connectivity index (χ1n) is 11.3. The lowest BCUT2D eigenvalue weighted by Crippen LogP contribution is -2.53. The molecule has 0 aromatic heterocycles. The maximum absolute atomic E-state index is 13.4. The molecule has 2 aromatic rings. The van der Waals surface area contributed by atoms with Crippen LogP contribution < -0.4 is 16.0 Å². The Morgan fingerprint density at radius 3 is 2.46 bits per heavy atom. The highest BCUT2D eigenvalue weighted by Gasteiger charge is 2.34. The van der Waals surface area contributed by atoms with E-state index in [0.717, 1.165) is 11.1 Å². The maximum Gasteiger partial charge on any atom is 0.324 e. The average molecular weight is 484 g/mol. The van der Waals surface area contributed by atoms with E-state index >= 15 is 0 Å². The van der Waals surface area contributed by atoms with Gasteiger partial charge in [0, 0.05) is 5.69 Å². The molecule has 3 atom stereocenters. The minimum atomic E-state index is -1.37. The zero-order valence-electron chi connectivity index (χ0n) is 19.1. The van der Waals surface area contributed by atoms with Crippen molar-refractivity contribution < 1.29 is 34.1 Å². The molecule has 1 aliphatic heterocycles. The van der Waals surface area contributed by atoms with Gasteiger partial charge >= 0.3 is 17.9 Å². The van der Waals surface area contributed by atoms with Gasteiger partial charge in [0.15, 0.2) is 0 Å². The van der Waals surface area contributed by atoms with E-state index < -0.39 is 55.1 Å². The number of nitrogens with one attached hydrogen (secondary N) is 1. The van der Waals surface area contributed by atoms with Crippen LogP contribution in [-0.4, -0.2) is 65.3 Å².